The predicted octanol–water partition coefficient (Wildman–Crippen LogP) is 0.464. The average molecular weight is 266 g/mol. The number of aromatic nitrogens is 1. The molecule has 0 unspecified atom stereocenters. The predicted molar refractivity (Wildman–Crippen MR) is 69.7 cm³/mol. The van der Waals surface area contributed by atoms with Gasteiger partial charge < -0.3 is 15.0 Å². The number of carbonyl (C=O) groups excluding carboxylic acids is 1. The Morgan fingerprint density at radius 3 is 2.58 bits per heavy atom. The Bertz CT molecular complexity index is 507. The van der Waals surface area contributed by atoms with Crippen LogP contribution in [0.3, 0.4) is 0 Å². The topological polar surface area (TPSA) is 88.4 Å². The fourth-order valence-electron chi connectivity index (χ4n) is 1.63. The monoisotopic (exact) mass is 266 g/mol. The lowest BCUT2D eigenvalue weighted by Crippen LogP contribution is -2.44. The summed E-state index contributed by atoms with van der Waals surface area (Å²) in [6.07, 6.45) is 1.66. The summed E-state index contributed by atoms with van der Waals surface area (Å²) in [7, 11) is 0. The molecular weight excluding hydrogens is 248 g/mol. The molecule has 1 aromatic heterocycles. The normalized spacial score (nSPS) is 12.2. The molecule has 19 heavy (non-hydrogen) atoms. The van der Waals surface area contributed by atoms with Gasteiger partial charge in [-0.2, -0.15) is 0 Å². The molecule has 0 aliphatic rings. The van der Waals surface area contributed by atoms with E-state index in [-0.39, 0.29) is 30.3 Å². The van der Waals surface area contributed by atoms with Crippen LogP contribution in [-0.4, -0.2) is 27.6 Å². The third-order valence-electron chi connectivity index (χ3n) is 2.73. The first kappa shape index (κ1) is 14.9. The zero-order valence-corrected chi connectivity index (χ0v) is 11.0. The summed E-state index contributed by atoms with van der Waals surface area (Å²) in [4.78, 5) is 34.0. The van der Waals surface area contributed by atoms with E-state index in [0.717, 1.165) is 0 Å². The molecule has 0 aromatic carbocycles. The molecule has 0 fully saturated rings. The number of carbonyl (C=O) groups is 2. The third-order valence-corrected chi connectivity index (χ3v) is 2.73. The molecule has 104 valence electrons. The largest absolute Gasteiger partial charge is 0.480 e. The molecule has 0 saturated carbocycles. The summed E-state index contributed by atoms with van der Waals surface area (Å²) >= 11 is 0. The van der Waals surface area contributed by atoms with Crippen LogP contribution in [0.4, 0.5) is 0 Å². The summed E-state index contributed by atoms with van der Waals surface area (Å²) < 4.78 is 1.41. The number of hydrogen-bond donors (Lipinski definition) is 2. The van der Waals surface area contributed by atoms with Crippen molar-refractivity contribution in [2.24, 2.45) is 5.92 Å². The maximum absolute atomic E-state index is 11.7. The lowest BCUT2D eigenvalue weighted by molar-refractivity contribution is -0.143. The second kappa shape index (κ2) is 6.72. The zero-order valence-electron chi connectivity index (χ0n) is 11.0. The Labute approximate surface area is 111 Å². The minimum atomic E-state index is -1.06. The van der Waals surface area contributed by atoms with Gasteiger partial charge in [-0.25, -0.2) is 4.79 Å². The standard InChI is InChI=1S/C13H18N2O4/c1-9(2)12(13(18)19)14-10(16)6-8-15-7-4-3-5-11(15)17/h3-5,7,9,12H,6,8H2,1-2H3,(H,14,16)(H,18,19)/t12-/m0/s1. The number of aliphatic carboxylic acids is 1. The SMILES string of the molecule is CC(C)[C@H](NC(=O)CCn1ccccc1=O)C(=O)O. The quantitative estimate of drug-likeness (QED) is 0.783. The van der Waals surface area contributed by atoms with E-state index in [0.29, 0.717) is 0 Å². The molecule has 0 bridgehead atoms. The first-order valence-electron chi connectivity index (χ1n) is 6.09. The van der Waals surface area contributed by atoms with Crippen LogP contribution in [0.5, 0.6) is 0 Å². The Morgan fingerprint density at radius 2 is 2.05 bits per heavy atom. The van der Waals surface area contributed by atoms with Gasteiger partial charge in [0, 0.05) is 25.2 Å². The highest BCUT2D eigenvalue weighted by Gasteiger charge is 2.22. The molecule has 1 aromatic rings. The number of aryl methyl sites for hydroxylation is 1. The number of nitrogens with one attached hydrogen (secondary N) is 1. The van der Waals surface area contributed by atoms with Crippen LogP contribution >= 0.6 is 0 Å². The van der Waals surface area contributed by atoms with Crippen molar-refractivity contribution in [2.45, 2.75) is 32.9 Å². The van der Waals surface area contributed by atoms with Crippen LogP contribution in [0.1, 0.15) is 20.3 Å². The summed E-state index contributed by atoms with van der Waals surface area (Å²) in [6.45, 7) is 3.68. The Morgan fingerprint density at radius 1 is 1.37 bits per heavy atom. The number of hydrogen-bond acceptors (Lipinski definition) is 3. The Hall–Kier alpha value is -2.11. The number of nitrogens with zero attached hydrogens (tertiary/aromatic N) is 1. The lowest BCUT2D eigenvalue weighted by Gasteiger charge is -2.17. The summed E-state index contributed by atoms with van der Waals surface area (Å²) in [6, 6.07) is 3.83. The molecule has 0 spiro atoms. The second-order valence-corrected chi connectivity index (χ2v) is 4.61. The van der Waals surface area contributed by atoms with Crippen molar-refractivity contribution >= 4 is 11.9 Å². The Kier molecular flexibility index (Phi) is 5.29. The van der Waals surface area contributed by atoms with Crippen molar-refractivity contribution in [3.63, 3.8) is 0 Å². The average Bonchev–Trinajstić information content (AvgIpc) is 2.34. The van der Waals surface area contributed by atoms with E-state index in [1.807, 2.05) is 0 Å². The van der Waals surface area contributed by atoms with Crippen LogP contribution in [0.15, 0.2) is 29.2 Å². The van der Waals surface area contributed by atoms with Crippen LogP contribution in [-0.2, 0) is 16.1 Å². The number of carboxylic acid groups (broad SMARTS) is 1. The summed E-state index contributed by atoms with van der Waals surface area (Å²) in [5.41, 5.74) is -0.186. The molecule has 0 saturated heterocycles. The minimum absolute atomic E-state index is 0.0699. The molecule has 1 amide bonds. The minimum Gasteiger partial charge on any atom is -0.480 e. The van der Waals surface area contributed by atoms with Gasteiger partial charge in [0.2, 0.25) is 5.91 Å². The van der Waals surface area contributed by atoms with Crippen LogP contribution in [0, 0.1) is 5.92 Å². The molecule has 6 heteroatoms. The van der Waals surface area contributed by atoms with Crippen molar-refractivity contribution in [1.29, 1.82) is 0 Å². The summed E-state index contributed by atoms with van der Waals surface area (Å²) in [5.74, 6) is -1.63. The first-order chi connectivity index (χ1) is 8.91. The van der Waals surface area contributed by atoms with E-state index in [2.05, 4.69) is 5.32 Å². The molecule has 1 rings (SSSR count). The Balaban J connectivity index is 2.55. The highest BCUT2D eigenvalue weighted by molar-refractivity contribution is 5.83. The van der Waals surface area contributed by atoms with Crippen LogP contribution in [0.25, 0.3) is 0 Å². The van der Waals surface area contributed by atoms with Gasteiger partial charge in [-0.15, -0.1) is 0 Å². The van der Waals surface area contributed by atoms with Crippen molar-refractivity contribution in [1.82, 2.24) is 9.88 Å². The van der Waals surface area contributed by atoms with Gasteiger partial charge in [0.05, 0.1) is 0 Å². The van der Waals surface area contributed by atoms with E-state index in [9.17, 15) is 14.4 Å². The molecule has 6 nitrogen and oxygen atoms in total. The number of pyridine rings is 1. The first-order valence-corrected chi connectivity index (χ1v) is 6.09. The van der Waals surface area contributed by atoms with Gasteiger partial charge in [0.25, 0.3) is 5.56 Å². The number of amides is 1. The van der Waals surface area contributed by atoms with Crippen LogP contribution < -0.4 is 10.9 Å². The van der Waals surface area contributed by atoms with E-state index in [1.54, 1.807) is 32.2 Å². The highest BCUT2D eigenvalue weighted by atomic mass is 16.4. The maximum atomic E-state index is 11.7. The third kappa shape index (κ3) is 4.57. The highest BCUT2D eigenvalue weighted by Crippen LogP contribution is 2.02. The zero-order chi connectivity index (χ0) is 14.4. The van der Waals surface area contributed by atoms with Crippen molar-refractivity contribution in [2.75, 3.05) is 0 Å². The van der Waals surface area contributed by atoms with E-state index in [1.165, 1.54) is 10.6 Å². The van der Waals surface area contributed by atoms with Gasteiger partial charge in [-0.05, 0) is 12.0 Å². The van der Waals surface area contributed by atoms with Crippen LogP contribution in [0.2, 0.25) is 0 Å². The van der Waals surface area contributed by atoms with E-state index in [4.69, 9.17) is 5.11 Å². The van der Waals surface area contributed by atoms with E-state index < -0.39 is 12.0 Å². The van der Waals surface area contributed by atoms with Gasteiger partial charge in [-0.1, -0.05) is 19.9 Å². The lowest BCUT2D eigenvalue weighted by atomic mass is 10.0. The van der Waals surface area contributed by atoms with Crippen molar-refractivity contribution in [3.8, 4) is 0 Å². The van der Waals surface area contributed by atoms with Gasteiger partial charge in [0.15, 0.2) is 0 Å². The molecule has 0 radical (unpaired) electrons. The number of carboxylic acids is 1. The molecule has 0 aliphatic carbocycles. The molecule has 1 heterocycles. The van der Waals surface area contributed by atoms with Crippen molar-refractivity contribution < 1.29 is 14.7 Å². The molecule has 2 N–H and O–H groups in total. The number of rotatable bonds is 6. The molecule has 0 aliphatic heterocycles. The summed E-state index contributed by atoms with van der Waals surface area (Å²) in [5, 5.41) is 11.4. The fraction of sp³-hybridized carbons (Fsp3) is 0.462. The van der Waals surface area contributed by atoms with Gasteiger partial charge in [0.1, 0.15) is 6.04 Å². The maximum Gasteiger partial charge on any atom is 0.326 e. The van der Waals surface area contributed by atoms with Gasteiger partial charge >= 0.3 is 5.97 Å². The molecular formula is C13H18N2O4. The smallest absolute Gasteiger partial charge is 0.326 e. The van der Waals surface area contributed by atoms with Gasteiger partial charge in [-0.3, -0.25) is 9.59 Å². The molecule has 1 atom stereocenters. The van der Waals surface area contributed by atoms with Crippen molar-refractivity contribution in [3.05, 3.63) is 34.7 Å². The fourth-order valence-corrected chi connectivity index (χ4v) is 1.63. The second-order valence-electron chi connectivity index (χ2n) is 4.61. The van der Waals surface area contributed by atoms with E-state index >= 15 is 0 Å².